The minimum atomic E-state index is -0.824. The minimum absolute atomic E-state index is 0.268. The maximum Gasteiger partial charge on any atom is 0.132 e. The van der Waals surface area contributed by atoms with Crippen molar-refractivity contribution in [2.45, 2.75) is 26.6 Å². The monoisotopic (exact) mass is 261 g/mol. The zero-order valence-electron chi connectivity index (χ0n) is 10.9. The first-order valence-electron chi connectivity index (χ1n) is 6.07. The Morgan fingerprint density at radius 1 is 1.32 bits per heavy atom. The maximum absolute atomic E-state index is 13.6. The van der Waals surface area contributed by atoms with Gasteiger partial charge in [-0.15, -0.1) is 0 Å². The maximum atomic E-state index is 13.6. The van der Waals surface area contributed by atoms with E-state index in [4.69, 9.17) is 4.74 Å². The zero-order chi connectivity index (χ0) is 13.8. The van der Waals surface area contributed by atoms with E-state index in [9.17, 15) is 9.50 Å². The summed E-state index contributed by atoms with van der Waals surface area (Å²) < 4.78 is 19.1. The van der Waals surface area contributed by atoms with Crippen molar-refractivity contribution in [2.75, 3.05) is 0 Å². The van der Waals surface area contributed by atoms with E-state index in [-0.39, 0.29) is 5.56 Å². The van der Waals surface area contributed by atoms with Crippen LogP contribution in [0.15, 0.2) is 36.7 Å². The van der Waals surface area contributed by atoms with Crippen molar-refractivity contribution in [3.63, 3.8) is 0 Å². The summed E-state index contributed by atoms with van der Waals surface area (Å²) in [7, 11) is 0. The molecule has 100 valence electrons. The van der Waals surface area contributed by atoms with Crippen LogP contribution in [-0.2, 0) is 6.61 Å². The molecule has 1 aromatic heterocycles. The summed E-state index contributed by atoms with van der Waals surface area (Å²) in [4.78, 5) is 4.06. The molecule has 0 aliphatic rings. The molecule has 2 rings (SSSR count). The smallest absolute Gasteiger partial charge is 0.132 e. The first kappa shape index (κ1) is 13.5. The van der Waals surface area contributed by atoms with Gasteiger partial charge in [0.25, 0.3) is 0 Å². The predicted octanol–water partition coefficient (Wildman–Crippen LogP) is 3.16. The van der Waals surface area contributed by atoms with Gasteiger partial charge in [0.15, 0.2) is 0 Å². The van der Waals surface area contributed by atoms with Gasteiger partial charge in [-0.05, 0) is 37.6 Å². The molecule has 0 saturated heterocycles. The standard InChI is InChI=1S/C15H16FNO2/c1-10-5-12(8-17-7-10)9-19-13-3-4-14(11(2)18)15(16)6-13/h3-8,11,18H,9H2,1-2H3/t11-/m1/s1. The number of hydrogen-bond donors (Lipinski definition) is 1. The molecular weight excluding hydrogens is 245 g/mol. The molecule has 1 N–H and O–H groups in total. The SMILES string of the molecule is Cc1cncc(COc2ccc([C@@H](C)O)c(F)c2)c1. The number of ether oxygens (including phenoxy) is 1. The molecule has 3 nitrogen and oxygen atoms in total. The molecule has 0 saturated carbocycles. The van der Waals surface area contributed by atoms with Gasteiger partial charge in [-0.2, -0.15) is 0 Å². The summed E-state index contributed by atoms with van der Waals surface area (Å²) in [5.41, 5.74) is 2.25. The first-order chi connectivity index (χ1) is 9.06. The Kier molecular flexibility index (Phi) is 4.12. The van der Waals surface area contributed by atoms with Crippen molar-refractivity contribution in [2.24, 2.45) is 0 Å². The highest BCUT2D eigenvalue weighted by Gasteiger charge is 2.09. The molecule has 1 heterocycles. The summed E-state index contributed by atoms with van der Waals surface area (Å²) >= 11 is 0. The third-order valence-corrected chi connectivity index (χ3v) is 2.76. The van der Waals surface area contributed by atoms with Gasteiger partial charge < -0.3 is 9.84 Å². The largest absolute Gasteiger partial charge is 0.489 e. The molecule has 0 unspecified atom stereocenters. The van der Waals surface area contributed by atoms with Gasteiger partial charge in [0, 0.05) is 29.6 Å². The van der Waals surface area contributed by atoms with E-state index in [1.165, 1.54) is 19.1 Å². The molecule has 0 aliphatic carbocycles. The van der Waals surface area contributed by atoms with Gasteiger partial charge in [0.05, 0.1) is 6.10 Å². The van der Waals surface area contributed by atoms with Crippen molar-refractivity contribution >= 4 is 0 Å². The minimum Gasteiger partial charge on any atom is -0.489 e. The van der Waals surface area contributed by atoms with E-state index >= 15 is 0 Å². The fourth-order valence-electron chi connectivity index (χ4n) is 1.80. The molecule has 0 radical (unpaired) electrons. The van der Waals surface area contributed by atoms with Gasteiger partial charge >= 0.3 is 0 Å². The number of pyridine rings is 1. The van der Waals surface area contributed by atoms with Crippen LogP contribution in [-0.4, -0.2) is 10.1 Å². The van der Waals surface area contributed by atoms with Crippen LogP contribution >= 0.6 is 0 Å². The third kappa shape index (κ3) is 3.51. The van der Waals surface area contributed by atoms with Crippen LogP contribution in [0.5, 0.6) is 5.75 Å². The normalized spacial score (nSPS) is 12.2. The van der Waals surface area contributed by atoms with Crippen molar-refractivity contribution in [3.8, 4) is 5.75 Å². The van der Waals surface area contributed by atoms with Crippen LogP contribution in [0.25, 0.3) is 0 Å². The lowest BCUT2D eigenvalue weighted by atomic mass is 10.1. The molecule has 0 aliphatic heterocycles. The molecule has 0 fully saturated rings. The Bertz CT molecular complexity index is 570. The van der Waals surface area contributed by atoms with Crippen LogP contribution in [0, 0.1) is 12.7 Å². The van der Waals surface area contributed by atoms with E-state index in [1.807, 2.05) is 13.0 Å². The van der Waals surface area contributed by atoms with Crippen LogP contribution in [0.2, 0.25) is 0 Å². The molecule has 0 spiro atoms. The summed E-state index contributed by atoms with van der Waals surface area (Å²) in [6.07, 6.45) is 2.66. The molecule has 0 bridgehead atoms. The van der Waals surface area contributed by atoms with Gasteiger partial charge in [-0.25, -0.2) is 4.39 Å². The number of benzene rings is 1. The highest BCUT2D eigenvalue weighted by molar-refractivity contribution is 5.30. The van der Waals surface area contributed by atoms with Crippen molar-refractivity contribution in [3.05, 3.63) is 59.2 Å². The Labute approximate surface area is 111 Å². The summed E-state index contributed by atoms with van der Waals surface area (Å²) in [6.45, 7) is 3.81. The average molecular weight is 261 g/mol. The fraction of sp³-hybridized carbons (Fsp3) is 0.267. The number of aromatic nitrogens is 1. The Morgan fingerprint density at radius 2 is 2.11 bits per heavy atom. The van der Waals surface area contributed by atoms with Gasteiger partial charge in [0.2, 0.25) is 0 Å². The lowest BCUT2D eigenvalue weighted by Gasteiger charge is -2.10. The van der Waals surface area contributed by atoms with E-state index in [2.05, 4.69) is 4.98 Å². The lowest BCUT2D eigenvalue weighted by molar-refractivity contribution is 0.194. The molecule has 0 amide bonds. The van der Waals surface area contributed by atoms with Crippen molar-refractivity contribution < 1.29 is 14.2 Å². The average Bonchev–Trinajstić information content (AvgIpc) is 2.36. The lowest BCUT2D eigenvalue weighted by Crippen LogP contribution is -1.99. The molecule has 4 heteroatoms. The number of aliphatic hydroxyl groups excluding tert-OH is 1. The molecular formula is C15H16FNO2. The van der Waals surface area contributed by atoms with E-state index in [0.29, 0.717) is 12.4 Å². The molecule has 1 aromatic carbocycles. The molecule has 19 heavy (non-hydrogen) atoms. The summed E-state index contributed by atoms with van der Waals surface area (Å²) in [6, 6.07) is 6.43. The first-order valence-corrected chi connectivity index (χ1v) is 6.07. The van der Waals surface area contributed by atoms with Gasteiger partial charge in [-0.1, -0.05) is 0 Å². The highest BCUT2D eigenvalue weighted by atomic mass is 19.1. The number of nitrogens with zero attached hydrogens (tertiary/aromatic N) is 1. The van der Waals surface area contributed by atoms with E-state index in [1.54, 1.807) is 18.5 Å². The number of hydrogen-bond acceptors (Lipinski definition) is 3. The molecule has 1 atom stereocenters. The third-order valence-electron chi connectivity index (χ3n) is 2.76. The fourth-order valence-corrected chi connectivity index (χ4v) is 1.80. The van der Waals surface area contributed by atoms with Crippen LogP contribution < -0.4 is 4.74 Å². The van der Waals surface area contributed by atoms with E-state index in [0.717, 1.165) is 11.1 Å². The van der Waals surface area contributed by atoms with Crippen LogP contribution in [0.1, 0.15) is 29.7 Å². The summed E-state index contributed by atoms with van der Waals surface area (Å²) in [5.74, 6) is -0.0294. The van der Waals surface area contributed by atoms with Crippen LogP contribution in [0.4, 0.5) is 4.39 Å². The van der Waals surface area contributed by atoms with E-state index < -0.39 is 11.9 Å². The Morgan fingerprint density at radius 3 is 2.74 bits per heavy atom. The number of aliphatic hydroxyl groups is 1. The van der Waals surface area contributed by atoms with Gasteiger partial charge in [-0.3, -0.25) is 4.98 Å². The zero-order valence-corrected chi connectivity index (χ0v) is 10.9. The van der Waals surface area contributed by atoms with Crippen molar-refractivity contribution in [1.82, 2.24) is 4.98 Å². The highest BCUT2D eigenvalue weighted by Crippen LogP contribution is 2.22. The van der Waals surface area contributed by atoms with Crippen LogP contribution in [0.3, 0.4) is 0 Å². The predicted molar refractivity (Wildman–Crippen MR) is 70.3 cm³/mol. The Hall–Kier alpha value is -1.94. The topological polar surface area (TPSA) is 42.4 Å². The quantitative estimate of drug-likeness (QED) is 0.919. The Balaban J connectivity index is 2.06. The summed E-state index contributed by atoms with van der Waals surface area (Å²) in [5, 5.41) is 9.34. The number of rotatable bonds is 4. The number of halogens is 1. The second-order valence-electron chi connectivity index (χ2n) is 4.52. The second-order valence-corrected chi connectivity index (χ2v) is 4.52. The number of aryl methyl sites for hydroxylation is 1. The van der Waals surface area contributed by atoms with Gasteiger partial charge in [0.1, 0.15) is 18.2 Å². The van der Waals surface area contributed by atoms with Crippen molar-refractivity contribution in [1.29, 1.82) is 0 Å². The molecule has 2 aromatic rings. The second kappa shape index (κ2) is 5.80.